The van der Waals surface area contributed by atoms with Crippen LogP contribution < -0.4 is 5.32 Å². The molecule has 1 aromatic heterocycles. The zero-order valence-corrected chi connectivity index (χ0v) is 11.8. The van der Waals surface area contributed by atoms with E-state index in [1.165, 1.54) is 6.26 Å². The van der Waals surface area contributed by atoms with Crippen molar-refractivity contribution in [2.45, 2.75) is 18.2 Å². The van der Waals surface area contributed by atoms with E-state index < -0.39 is 9.84 Å². The molecule has 0 radical (unpaired) electrons. The predicted molar refractivity (Wildman–Crippen MR) is 75.5 cm³/mol. The number of sulfone groups is 1. The Morgan fingerprint density at radius 2 is 1.95 bits per heavy atom. The first kappa shape index (κ1) is 13.6. The maximum Gasteiger partial charge on any atom is 0.207 e. The van der Waals surface area contributed by atoms with Gasteiger partial charge in [0.15, 0.2) is 9.84 Å². The van der Waals surface area contributed by atoms with Gasteiger partial charge in [0.25, 0.3) is 0 Å². The van der Waals surface area contributed by atoms with E-state index in [0.29, 0.717) is 4.90 Å². The van der Waals surface area contributed by atoms with E-state index in [1.807, 2.05) is 10.8 Å². The number of imidazole rings is 1. The van der Waals surface area contributed by atoms with E-state index in [0.717, 1.165) is 24.6 Å². The van der Waals surface area contributed by atoms with E-state index in [2.05, 4.69) is 17.2 Å². The second kappa shape index (κ2) is 5.44. The van der Waals surface area contributed by atoms with Crippen LogP contribution in [0.25, 0.3) is 5.69 Å². The lowest BCUT2D eigenvalue weighted by Gasteiger charge is -2.09. The lowest BCUT2D eigenvalue weighted by atomic mass is 10.3. The topological polar surface area (TPSA) is 64.0 Å². The second-order valence-corrected chi connectivity index (χ2v) is 6.33. The maximum absolute atomic E-state index is 11.4. The van der Waals surface area contributed by atoms with Gasteiger partial charge in [-0.1, -0.05) is 6.92 Å². The SMILES string of the molecule is CCCNc1nccn1-c1ccc(S(C)(=O)=O)cc1. The molecule has 5 nitrogen and oxygen atoms in total. The van der Waals surface area contributed by atoms with Crippen LogP contribution in [0.2, 0.25) is 0 Å². The van der Waals surface area contributed by atoms with Gasteiger partial charge in [0.05, 0.1) is 4.90 Å². The zero-order valence-electron chi connectivity index (χ0n) is 11.0. The van der Waals surface area contributed by atoms with Crippen molar-refractivity contribution in [1.29, 1.82) is 0 Å². The number of nitrogens with zero attached hydrogens (tertiary/aromatic N) is 2. The summed E-state index contributed by atoms with van der Waals surface area (Å²) in [5, 5.41) is 3.22. The highest BCUT2D eigenvalue weighted by atomic mass is 32.2. The molecule has 0 saturated heterocycles. The molecule has 102 valence electrons. The molecule has 0 atom stereocenters. The number of aromatic nitrogens is 2. The summed E-state index contributed by atoms with van der Waals surface area (Å²) in [6.07, 6.45) is 5.77. The fraction of sp³-hybridized carbons (Fsp3) is 0.308. The molecule has 0 saturated carbocycles. The van der Waals surface area contributed by atoms with Crippen LogP contribution in [-0.4, -0.2) is 30.8 Å². The molecule has 6 heteroatoms. The Morgan fingerprint density at radius 3 is 2.53 bits per heavy atom. The summed E-state index contributed by atoms with van der Waals surface area (Å²) >= 11 is 0. The number of benzene rings is 1. The van der Waals surface area contributed by atoms with Crippen molar-refractivity contribution in [2.24, 2.45) is 0 Å². The van der Waals surface area contributed by atoms with Gasteiger partial charge in [-0.2, -0.15) is 0 Å². The molecule has 2 aromatic rings. The van der Waals surface area contributed by atoms with Crippen molar-refractivity contribution in [3.63, 3.8) is 0 Å². The molecule has 0 spiro atoms. The van der Waals surface area contributed by atoms with Crippen molar-refractivity contribution in [2.75, 3.05) is 18.1 Å². The fourth-order valence-electron chi connectivity index (χ4n) is 1.73. The smallest absolute Gasteiger partial charge is 0.207 e. The third-order valence-corrected chi connectivity index (χ3v) is 3.85. The molecular formula is C13H17N3O2S. The maximum atomic E-state index is 11.4. The molecule has 0 amide bonds. The molecule has 0 bridgehead atoms. The van der Waals surface area contributed by atoms with Gasteiger partial charge < -0.3 is 5.32 Å². The van der Waals surface area contributed by atoms with Crippen LogP contribution in [0.3, 0.4) is 0 Å². The molecule has 0 aliphatic heterocycles. The van der Waals surface area contributed by atoms with Crippen LogP contribution in [0.4, 0.5) is 5.95 Å². The van der Waals surface area contributed by atoms with Gasteiger partial charge in [0.2, 0.25) is 5.95 Å². The lowest BCUT2D eigenvalue weighted by Crippen LogP contribution is -2.06. The van der Waals surface area contributed by atoms with Crippen LogP contribution in [0.5, 0.6) is 0 Å². The largest absolute Gasteiger partial charge is 0.355 e. The van der Waals surface area contributed by atoms with Gasteiger partial charge in [0.1, 0.15) is 0 Å². The van der Waals surface area contributed by atoms with E-state index in [4.69, 9.17) is 0 Å². The average molecular weight is 279 g/mol. The Labute approximate surface area is 113 Å². The molecule has 0 unspecified atom stereocenters. The van der Waals surface area contributed by atoms with Crippen LogP contribution in [0.1, 0.15) is 13.3 Å². The Morgan fingerprint density at radius 1 is 1.26 bits per heavy atom. The van der Waals surface area contributed by atoms with Crippen molar-refractivity contribution >= 4 is 15.8 Å². The van der Waals surface area contributed by atoms with Crippen molar-refractivity contribution < 1.29 is 8.42 Å². The number of hydrogen-bond acceptors (Lipinski definition) is 4. The van der Waals surface area contributed by atoms with Crippen LogP contribution in [0.15, 0.2) is 41.6 Å². The summed E-state index contributed by atoms with van der Waals surface area (Å²) in [6.45, 7) is 2.93. The molecule has 1 heterocycles. The molecule has 1 N–H and O–H groups in total. The zero-order chi connectivity index (χ0) is 13.9. The fourth-order valence-corrected chi connectivity index (χ4v) is 2.36. The number of anilines is 1. The molecule has 2 rings (SSSR count). The Balaban J connectivity index is 2.30. The molecule has 19 heavy (non-hydrogen) atoms. The number of rotatable bonds is 5. The highest BCUT2D eigenvalue weighted by Crippen LogP contribution is 2.17. The quantitative estimate of drug-likeness (QED) is 0.910. The molecular weight excluding hydrogens is 262 g/mol. The normalized spacial score (nSPS) is 11.5. The Hall–Kier alpha value is -1.82. The number of hydrogen-bond donors (Lipinski definition) is 1. The Kier molecular flexibility index (Phi) is 3.90. The van der Waals surface area contributed by atoms with Gasteiger partial charge in [-0.25, -0.2) is 13.4 Å². The van der Waals surface area contributed by atoms with Gasteiger partial charge in [-0.15, -0.1) is 0 Å². The number of nitrogens with one attached hydrogen (secondary N) is 1. The van der Waals surface area contributed by atoms with E-state index in [1.54, 1.807) is 30.5 Å². The third-order valence-electron chi connectivity index (χ3n) is 2.72. The minimum absolute atomic E-state index is 0.319. The molecule has 0 aliphatic rings. The standard InChI is InChI=1S/C13H17N3O2S/c1-3-8-14-13-15-9-10-16(13)11-4-6-12(7-5-11)19(2,17)18/h4-7,9-10H,3,8H2,1-2H3,(H,14,15). The first-order valence-electron chi connectivity index (χ1n) is 6.10. The highest BCUT2D eigenvalue weighted by Gasteiger charge is 2.08. The van der Waals surface area contributed by atoms with E-state index >= 15 is 0 Å². The first-order valence-corrected chi connectivity index (χ1v) is 7.99. The molecule has 0 fully saturated rings. The summed E-state index contributed by atoms with van der Waals surface area (Å²) in [5.41, 5.74) is 0.878. The van der Waals surface area contributed by atoms with Crippen LogP contribution in [0, 0.1) is 0 Å². The average Bonchev–Trinajstić information content (AvgIpc) is 2.83. The van der Waals surface area contributed by atoms with Crippen molar-refractivity contribution in [1.82, 2.24) is 9.55 Å². The van der Waals surface area contributed by atoms with Gasteiger partial charge in [0, 0.05) is 30.9 Å². The van der Waals surface area contributed by atoms with Gasteiger partial charge in [-0.3, -0.25) is 4.57 Å². The molecule has 0 aliphatic carbocycles. The second-order valence-electron chi connectivity index (χ2n) is 4.31. The summed E-state index contributed by atoms with van der Waals surface area (Å²) in [7, 11) is -3.15. The summed E-state index contributed by atoms with van der Waals surface area (Å²) in [4.78, 5) is 4.55. The molecule has 1 aromatic carbocycles. The highest BCUT2D eigenvalue weighted by molar-refractivity contribution is 7.90. The lowest BCUT2D eigenvalue weighted by molar-refractivity contribution is 0.602. The minimum Gasteiger partial charge on any atom is -0.355 e. The monoisotopic (exact) mass is 279 g/mol. The third kappa shape index (κ3) is 3.14. The summed E-state index contributed by atoms with van der Waals surface area (Å²) in [5.74, 6) is 0.758. The van der Waals surface area contributed by atoms with Gasteiger partial charge >= 0.3 is 0 Å². The van der Waals surface area contributed by atoms with Crippen molar-refractivity contribution in [3.8, 4) is 5.69 Å². The van der Waals surface area contributed by atoms with Gasteiger partial charge in [-0.05, 0) is 30.7 Å². The predicted octanol–water partition coefficient (Wildman–Crippen LogP) is 2.10. The first-order chi connectivity index (χ1) is 9.02. The van der Waals surface area contributed by atoms with Crippen molar-refractivity contribution in [3.05, 3.63) is 36.7 Å². The summed E-state index contributed by atoms with van der Waals surface area (Å²) < 4.78 is 24.7. The van der Waals surface area contributed by atoms with Crippen LogP contribution >= 0.6 is 0 Å². The summed E-state index contributed by atoms with van der Waals surface area (Å²) in [6, 6.07) is 6.76. The van der Waals surface area contributed by atoms with Crippen LogP contribution in [-0.2, 0) is 9.84 Å². The Bertz CT molecular complexity index is 645. The van der Waals surface area contributed by atoms with E-state index in [-0.39, 0.29) is 0 Å². The van der Waals surface area contributed by atoms with E-state index in [9.17, 15) is 8.42 Å². The minimum atomic E-state index is -3.15.